The molecule has 0 saturated carbocycles. The highest BCUT2D eigenvalue weighted by Gasteiger charge is 2.39. The summed E-state index contributed by atoms with van der Waals surface area (Å²) in [7, 11) is 0. The zero-order valence-corrected chi connectivity index (χ0v) is 12.5. The van der Waals surface area contributed by atoms with E-state index in [1.807, 2.05) is 35.7 Å². The van der Waals surface area contributed by atoms with Gasteiger partial charge in [0.25, 0.3) is 0 Å². The van der Waals surface area contributed by atoms with Crippen molar-refractivity contribution in [1.29, 1.82) is 0 Å². The first kappa shape index (κ1) is 14.0. The van der Waals surface area contributed by atoms with Crippen molar-refractivity contribution in [2.24, 2.45) is 0 Å². The molecule has 1 fully saturated rings. The highest BCUT2D eigenvalue weighted by Crippen LogP contribution is 2.24. The molecule has 1 aliphatic rings. The number of pyridine rings is 1. The first-order valence-electron chi connectivity index (χ1n) is 7.52. The standard InChI is InChI=1S/C15H21N5O/c1-3-15(8-6-9-16-15)14(21)17-11(2)13-19-18-12-7-4-5-10-20(12)13/h4-5,7,10-11,16H,3,6,8-9H2,1-2H3,(H,17,21). The van der Waals surface area contributed by atoms with E-state index in [9.17, 15) is 4.79 Å². The molecule has 2 N–H and O–H groups in total. The van der Waals surface area contributed by atoms with E-state index in [4.69, 9.17) is 0 Å². The molecule has 2 atom stereocenters. The van der Waals surface area contributed by atoms with E-state index in [1.165, 1.54) is 0 Å². The Balaban J connectivity index is 1.80. The topological polar surface area (TPSA) is 71.3 Å². The number of aromatic nitrogens is 3. The van der Waals surface area contributed by atoms with Crippen molar-refractivity contribution in [1.82, 2.24) is 25.2 Å². The lowest BCUT2D eigenvalue weighted by atomic mass is 9.93. The predicted molar refractivity (Wildman–Crippen MR) is 79.8 cm³/mol. The smallest absolute Gasteiger partial charge is 0.240 e. The lowest BCUT2D eigenvalue weighted by molar-refractivity contribution is -0.128. The normalized spacial score (nSPS) is 23.3. The molecule has 21 heavy (non-hydrogen) atoms. The van der Waals surface area contributed by atoms with E-state index in [-0.39, 0.29) is 11.9 Å². The van der Waals surface area contributed by atoms with E-state index in [0.717, 1.165) is 37.3 Å². The van der Waals surface area contributed by atoms with Crippen molar-refractivity contribution in [2.75, 3.05) is 6.54 Å². The third kappa shape index (κ3) is 2.40. The van der Waals surface area contributed by atoms with Crippen LogP contribution in [-0.4, -0.2) is 32.6 Å². The predicted octanol–water partition coefficient (Wildman–Crippen LogP) is 1.44. The second-order valence-corrected chi connectivity index (χ2v) is 5.65. The van der Waals surface area contributed by atoms with E-state index in [1.54, 1.807) is 0 Å². The van der Waals surface area contributed by atoms with Crippen molar-refractivity contribution >= 4 is 11.6 Å². The van der Waals surface area contributed by atoms with Crippen LogP contribution >= 0.6 is 0 Å². The SMILES string of the molecule is CCC1(C(=O)NC(C)c2nnc3ccccn23)CCCN1. The fourth-order valence-electron chi connectivity index (χ4n) is 3.02. The number of fused-ring (bicyclic) bond motifs is 1. The van der Waals surface area contributed by atoms with Gasteiger partial charge in [-0.3, -0.25) is 9.20 Å². The number of amides is 1. The fourth-order valence-corrected chi connectivity index (χ4v) is 3.02. The van der Waals surface area contributed by atoms with Crippen molar-refractivity contribution < 1.29 is 4.79 Å². The molecule has 0 aliphatic carbocycles. The Morgan fingerprint density at radius 1 is 1.52 bits per heavy atom. The summed E-state index contributed by atoms with van der Waals surface area (Å²) in [6, 6.07) is 5.57. The molecule has 6 nitrogen and oxygen atoms in total. The molecule has 2 aromatic rings. The molecule has 0 bridgehead atoms. The van der Waals surface area contributed by atoms with Crippen molar-refractivity contribution in [2.45, 2.75) is 44.7 Å². The van der Waals surface area contributed by atoms with Crippen LogP contribution in [0, 0.1) is 0 Å². The van der Waals surface area contributed by atoms with Crippen LogP contribution in [-0.2, 0) is 4.79 Å². The summed E-state index contributed by atoms with van der Waals surface area (Å²) >= 11 is 0. The van der Waals surface area contributed by atoms with Gasteiger partial charge in [0.15, 0.2) is 11.5 Å². The maximum absolute atomic E-state index is 12.6. The summed E-state index contributed by atoms with van der Waals surface area (Å²) in [6.45, 7) is 4.90. The Labute approximate surface area is 123 Å². The van der Waals surface area contributed by atoms with Crippen LogP contribution in [0.2, 0.25) is 0 Å². The van der Waals surface area contributed by atoms with E-state index in [0.29, 0.717) is 0 Å². The van der Waals surface area contributed by atoms with Crippen LogP contribution in [0.5, 0.6) is 0 Å². The Morgan fingerprint density at radius 3 is 3.10 bits per heavy atom. The molecule has 0 aromatic carbocycles. The van der Waals surface area contributed by atoms with Crippen LogP contribution in [0.4, 0.5) is 0 Å². The second kappa shape index (κ2) is 5.44. The average molecular weight is 287 g/mol. The van der Waals surface area contributed by atoms with Gasteiger partial charge in [0.2, 0.25) is 5.91 Å². The Hall–Kier alpha value is -1.95. The number of hydrogen-bond donors (Lipinski definition) is 2. The fraction of sp³-hybridized carbons (Fsp3) is 0.533. The van der Waals surface area contributed by atoms with E-state index in [2.05, 4.69) is 27.8 Å². The van der Waals surface area contributed by atoms with Gasteiger partial charge in [-0.25, -0.2) is 0 Å². The summed E-state index contributed by atoms with van der Waals surface area (Å²) in [4.78, 5) is 12.6. The molecule has 1 amide bonds. The zero-order chi connectivity index (χ0) is 14.9. The van der Waals surface area contributed by atoms with Gasteiger partial charge >= 0.3 is 0 Å². The molecule has 1 saturated heterocycles. The Kier molecular flexibility index (Phi) is 3.63. The maximum atomic E-state index is 12.6. The summed E-state index contributed by atoms with van der Waals surface area (Å²) in [5.74, 6) is 0.811. The molecule has 6 heteroatoms. The molecule has 0 spiro atoms. The number of carbonyl (C=O) groups is 1. The van der Waals surface area contributed by atoms with Gasteiger partial charge in [0.1, 0.15) is 0 Å². The molecule has 1 aliphatic heterocycles. The summed E-state index contributed by atoms with van der Waals surface area (Å²) in [5, 5.41) is 14.8. The van der Waals surface area contributed by atoms with Crippen LogP contribution < -0.4 is 10.6 Å². The van der Waals surface area contributed by atoms with Gasteiger partial charge in [-0.15, -0.1) is 10.2 Å². The van der Waals surface area contributed by atoms with Gasteiger partial charge in [-0.2, -0.15) is 0 Å². The molecular formula is C15H21N5O. The Bertz CT molecular complexity index is 644. The first-order chi connectivity index (χ1) is 10.2. The zero-order valence-electron chi connectivity index (χ0n) is 12.5. The Morgan fingerprint density at radius 2 is 2.38 bits per heavy atom. The maximum Gasteiger partial charge on any atom is 0.240 e. The van der Waals surface area contributed by atoms with Crippen molar-refractivity contribution in [3.63, 3.8) is 0 Å². The number of hydrogen-bond acceptors (Lipinski definition) is 4. The molecule has 2 aromatic heterocycles. The minimum atomic E-state index is -0.422. The molecule has 3 heterocycles. The lowest BCUT2D eigenvalue weighted by Crippen LogP contribution is -2.53. The third-order valence-electron chi connectivity index (χ3n) is 4.36. The van der Waals surface area contributed by atoms with Crippen LogP contribution in [0.15, 0.2) is 24.4 Å². The van der Waals surface area contributed by atoms with Gasteiger partial charge < -0.3 is 10.6 Å². The molecule has 3 rings (SSSR count). The minimum Gasteiger partial charge on any atom is -0.345 e. The summed E-state index contributed by atoms with van der Waals surface area (Å²) in [5.41, 5.74) is 0.368. The second-order valence-electron chi connectivity index (χ2n) is 5.65. The molecule has 112 valence electrons. The van der Waals surface area contributed by atoms with Crippen LogP contribution in [0.3, 0.4) is 0 Å². The van der Waals surface area contributed by atoms with E-state index >= 15 is 0 Å². The van der Waals surface area contributed by atoms with Gasteiger partial charge in [-0.1, -0.05) is 13.0 Å². The lowest BCUT2D eigenvalue weighted by Gasteiger charge is -2.28. The largest absolute Gasteiger partial charge is 0.345 e. The summed E-state index contributed by atoms with van der Waals surface area (Å²) < 4.78 is 1.91. The average Bonchev–Trinajstić information content (AvgIpc) is 3.14. The minimum absolute atomic E-state index is 0.0580. The number of nitrogens with zero attached hydrogens (tertiary/aromatic N) is 3. The number of rotatable bonds is 4. The first-order valence-corrected chi connectivity index (χ1v) is 7.52. The summed E-state index contributed by atoms with van der Waals surface area (Å²) in [6.07, 6.45) is 4.65. The molecule has 2 unspecified atom stereocenters. The highest BCUT2D eigenvalue weighted by atomic mass is 16.2. The third-order valence-corrected chi connectivity index (χ3v) is 4.36. The highest BCUT2D eigenvalue weighted by molar-refractivity contribution is 5.86. The van der Waals surface area contributed by atoms with Crippen LogP contribution in [0.1, 0.15) is 45.0 Å². The van der Waals surface area contributed by atoms with Crippen molar-refractivity contribution in [3.8, 4) is 0 Å². The molecule has 0 radical (unpaired) electrons. The van der Waals surface area contributed by atoms with Gasteiger partial charge in [-0.05, 0) is 44.9 Å². The monoisotopic (exact) mass is 287 g/mol. The van der Waals surface area contributed by atoms with Crippen LogP contribution in [0.25, 0.3) is 5.65 Å². The number of nitrogens with one attached hydrogen (secondary N) is 2. The van der Waals surface area contributed by atoms with Gasteiger partial charge in [0, 0.05) is 6.20 Å². The molecular weight excluding hydrogens is 266 g/mol. The van der Waals surface area contributed by atoms with Gasteiger partial charge in [0.05, 0.1) is 11.6 Å². The number of carbonyl (C=O) groups excluding carboxylic acids is 1. The van der Waals surface area contributed by atoms with Crippen molar-refractivity contribution in [3.05, 3.63) is 30.2 Å². The van der Waals surface area contributed by atoms with E-state index < -0.39 is 5.54 Å². The quantitative estimate of drug-likeness (QED) is 0.892.